The molecule has 194 valence electrons. The van der Waals surface area contributed by atoms with Crippen molar-refractivity contribution in [3.8, 4) is 17.2 Å². The molecule has 4 heterocycles. The van der Waals surface area contributed by atoms with Crippen LogP contribution >= 0.6 is 0 Å². The van der Waals surface area contributed by atoms with Gasteiger partial charge in [0.15, 0.2) is 0 Å². The summed E-state index contributed by atoms with van der Waals surface area (Å²) in [6.07, 6.45) is 7.30. The molecule has 4 aliphatic rings. The average Bonchev–Trinajstić information content (AvgIpc) is 3.48. The summed E-state index contributed by atoms with van der Waals surface area (Å²) in [6.45, 7) is 7.58. The molecule has 2 aliphatic carbocycles. The number of pyridine rings is 1. The summed E-state index contributed by atoms with van der Waals surface area (Å²) < 4.78 is 1.91. The summed E-state index contributed by atoms with van der Waals surface area (Å²) >= 11 is 0. The lowest BCUT2D eigenvalue weighted by Gasteiger charge is -2.51. The molecule has 1 aromatic carbocycles. The topological polar surface area (TPSA) is 98.3 Å². The highest BCUT2D eigenvalue weighted by molar-refractivity contribution is 5.99. The lowest BCUT2D eigenvalue weighted by atomic mass is 9.73. The van der Waals surface area contributed by atoms with Gasteiger partial charge in [0.25, 0.3) is 0 Å². The Balaban J connectivity index is 1.43. The van der Waals surface area contributed by atoms with Gasteiger partial charge in [0.05, 0.1) is 30.1 Å². The Kier molecular flexibility index (Phi) is 5.02. The van der Waals surface area contributed by atoms with Crippen LogP contribution in [-0.4, -0.2) is 63.0 Å². The fourth-order valence-electron chi connectivity index (χ4n) is 7.60. The van der Waals surface area contributed by atoms with Crippen molar-refractivity contribution in [2.75, 3.05) is 31.1 Å². The highest BCUT2D eigenvalue weighted by Crippen LogP contribution is 2.57. The number of benzene rings is 1. The number of aryl methyl sites for hydroxylation is 2. The number of hydrogen-bond donors (Lipinski definition) is 1. The van der Waals surface area contributed by atoms with Gasteiger partial charge < -0.3 is 14.9 Å². The first-order valence-corrected chi connectivity index (χ1v) is 13.6. The number of hydrogen-bond acceptors (Lipinski definition) is 6. The van der Waals surface area contributed by atoms with Crippen molar-refractivity contribution in [3.05, 3.63) is 53.4 Å². The molecule has 1 saturated carbocycles. The number of rotatable bonds is 4. The zero-order valence-corrected chi connectivity index (χ0v) is 21.9. The quantitative estimate of drug-likeness (QED) is 0.542. The molecular weight excluding hydrogens is 476 g/mol. The molecule has 2 aromatic heterocycles. The number of aliphatic hydroxyl groups is 1. The van der Waals surface area contributed by atoms with E-state index in [1.54, 1.807) is 4.90 Å². The maximum atomic E-state index is 12.2. The molecule has 7 rings (SSSR count). The van der Waals surface area contributed by atoms with E-state index in [9.17, 15) is 15.2 Å². The van der Waals surface area contributed by atoms with Crippen LogP contribution in [0, 0.1) is 29.6 Å². The number of amides is 1. The predicted octanol–water partition coefficient (Wildman–Crippen LogP) is 3.45. The van der Waals surface area contributed by atoms with Crippen LogP contribution in [-0.2, 0) is 18.3 Å². The number of likely N-dealkylation sites (tertiary alicyclic amines) is 1. The molecular formula is C30H32N6O2. The number of carbonyl (C=O) groups excluding carboxylic acids is 1. The number of aromatic nitrogens is 3. The minimum absolute atomic E-state index is 0.0442. The van der Waals surface area contributed by atoms with Gasteiger partial charge >= 0.3 is 0 Å². The minimum atomic E-state index is -0.200. The van der Waals surface area contributed by atoms with E-state index in [1.165, 1.54) is 11.6 Å². The van der Waals surface area contributed by atoms with E-state index in [-0.39, 0.29) is 24.0 Å². The van der Waals surface area contributed by atoms with Crippen molar-refractivity contribution in [2.24, 2.45) is 18.4 Å². The summed E-state index contributed by atoms with van der Waals surface area (Å²) in [7, 11) is 1.96. The number of anilines is 1. The van der Waals surface area contributed by atoms with E-state index in [4.69, 9.17) is 4.98 Å². The SMILES string of the molecule is C=CC(=O)N1CC2(CCN(c3nc4c(c(-c5c(C)ccc6cnn(C)c56)c3C#N)CC[C@H]3C[C@H]43)[C@H]2CO)C1. The lowest BCUT2D eigenvalue weighted by molar-refractivity contribution is -0.138. The van der Waals surface area contributed by atoms with Crippen LogP contribution in [0.5, 0.6) is 0 Å². The molecule has 38 heavy (non-hydrogen) atoms. The maximum Gasteiger partial charge on any atom is 0.245 e. The van der Waals surface area contributed by atoms with Crippen LogP contribution in [0.25, 0.3) is 22.0 Å². The molecule has 3 aromatic rings. The largest absolute Gasteiger partial charge is 0.394 e. The molecule has 0 bridgehead atoms. The van der Waals surface area contributed by atoms with Gasteiger partial charge in [-0.05, 0) is 55.7 Å². The molecule has 3 fully saturated rings. The minimum Gasteiger partial charge on any atom is -0.394 e. The zero-order valence-electron chi connectivity index (χ0n) is 21.9. The first kappa shape index (κ1) is 23.4. The Morgan fingerprint density at radius 3 is 2.89 bits per heavy atom. The van der Waals surface area contributed by atoms with E-state index in [0.717, 1.165) is 59.0 Å². The second-order valence-electron chi connectivity index (χ2n) is 11.7. The molecule has 1 N–H and O–H groups in total. The molecule has 2 aliphatic heterocycles. The Morgan fingerprint density at radius 1 is 1.34 bits per heavy atom. The second kappa shape index (κ2) is 8.15. The van der Waals surface area contributed by atoms with Gasteiger partial charge in [-0.3, -0.25) is 9.48 Å². The first-order valence-electron chi connectivity index (χ1n) is 13.6. The monoisotopic (exact) mass is 508 g/mol. The highest BCUT2D eigenvalue weighted by atomic mass is 16.3. The molecule has 8 heteroatoms. The highest BCUT2D eigenvalue weighted by Gasteiger charge is 2.56. The molecule has 0 radical (unpaired) electrons. The standard InChI is InChI=1S/C30H32N6O2/c1-4-24(38)35-15-30(16-35)9-10-36(23(30)14-37)29-22(12-31)26(20-8-7-18-11-21(18)27(20)33-29)25-17(2)5-6-19-13-32-34(3)28(19)25/h4-6,13,18,21,23,37H,1,7-11,14-16H2,2-3H3/t18-,21-,23-/m0/s1. The summed E-state index contributed by atoms with van der Waals surface area (Å²) in [5.41, 5.74) is 6.96. The first-order chi connectivity index (χ1) is 18.4. The number of fused-ring (bicyclic) bond motifs is 4. The van der Waals surface area contributed by atoms with Gasteiger partial charge in [0.1, 0.15) is 17.5 Å². The molecule has 0 unspecified atom stereocenters. The van der Waals surface area contributed by atoms with Crippen molar-refractivity contribution in [1.29, 1.82) is 5.26 Å². The third-order valence-corrected chi connectivity index (χ3v) is 9.70. The van der Waals surface area contributed by atoms with Gasteiger partial charge in [-0.1, -0.05) is 18.7 Å². The normalized spacial score (nSPS) is 24.6. The Hall–Kier alpha value is -3.70. The fourth-order valence-corrected chi connectivity index (χ4v) is 7.60. The van der Waals surface area contributed by atoms with Gasteiger partial charge in [-0.25, -0.2) is 4.98 Å². The van der Waals surface area contributed by atoms with Crippen molar-refractivity contribution < 1.29 is 9.90 Å². The second-order valence-corrected chi connectivity index (χ2v) is 11.7. The fraction of sp³-hybridized carbons (Fsp3) is 0.467. The van der Waals surface area contributed by atoms with Crippen molar-refractivity contribution in [3.63, 3.8) is 0 Å². The summed E-state index contributed by atoms with van der Waals surface area (Å²) in [6, 6.07) is 6.59. The predicted molar refractivity (Wildman–Crippen MR) is 145 cm³/mol. The molecule has 8 nitrogen and oxygen atoms in total. The maximum absolute atomic E-state index is 12.2. The zero-order chi connectivity index (χ0) is 26.3. The van der Waals surface area contributed by atoms with E-state index >= 15 is 0 Å². The third-order valence-electron chi connectivity index (χ3n) is 9.70. The molecule has 1 spiro atoms. The summed E-state index contributed by atoms with van der Waals surface area (Å²) in [5, 5.41) is 27.0. The Labute approximate surface area is 222 Å². The summed E-state index contributed by atoms with van der Waals surface area (Å²) in [4.78, 5) is 21.4. The molecule has 1 amide bonds. The van der Waals surface area contributed by atoms with Crippen LogP contribution in [0.2, 0.25) is 0 Å². The number of nitriles is 1. The van der Waals surface area contributed by atoms with Crippen LogP contribution in [0.3, 0.4) is 0 Å². The van der Waals surface area contributed by atoms with Crippen LogP contribution < -0.4 is 4.90 Å². The van der Waals surface area contributed by atoms with Gasteiger partial charge in [0.2, 0.25) is 5.91 Å². The average molecular weight is 509 g/mol. The third kappa shape index (κ3) is 3.08. The number of nitrogens with zero attached hydrogens (tertiary/aromatic N) is 6. The van der Waals surface area contributed by atoms with E-state index in [2.05, 4.69) is 41.7 Å². The summed E-state index contributed by atoms with van der Waals surface area (Å²) in [5.74, 6) is 1.75. The van der Waals surface area contributed by atoms with Crippen LogP contribution in [0.15, 0.2) is 31.0 Å². The van der Waals surface area contributed by atoms with Crippen LogP contribution in [0.1, 0.15) is 47.6 Å². The molecule has 2 saturated heterocycles. The van der Waals surface area contributed by atoms with Crippen LogP contribution in [0.4, 0.5) is 5.82 Å². The van der Waals surface area contributed by atoms with Gasteiger partial charge in [-0.15, -0.1) is 0 Å². The van der Waals surface area contributed by atoms with Gasteiger partial charge in [0, 0.05) is 54.5 Å². The number of aliphatic hydroxyl groups excluding tert-OH is 1. The van der Waals surface area contributed by atoms with Crippen molar-refractivity contribution in [1.82, 2.24) is 19.7 Å². The van der Waals surface area contributed by atoms with E-state index in [1.807, 2.05) is 17.9 Å². The number of carbonyl (C=O) groups is 1. The van der Waals surface area contributed by atoms with Gasteiger partial charge in [-0.2, -0.15) is 10.4 Å². The van der Waals surface area contributed by atoms with E-state index in [0.29, 0.717) is 42.9 Å². The smallest absolute Gasteiger partial charge is 0.245 e. The van der Waals surface area contributed by atoms with Crippen molar-refractivity contribution >= 4 is 22.6 Å². The van der Waals surface area contributed by atoms with E-state index < -0.39 is 0 Å². The van der Waals surface area contributed by atoms with Crippen molar-refractivity contribution in [2.45, 2.75) is 44.6 Å². The Bertz CT molecular complexity index is 1560. The Morgan fingerprint density at radius 2 is 2.16 bits per heavy atom. The molecule has 3 atom stereocenters. The lowest BCUT2D eigenvalue weighted by Crippen LogP contribution is -2.64.